The highest BCUT2D eigenvalue weighted by molar-refractivity contribution is 6.18. The van der Waals surface area contributed by atoms with Gasteiger partial charge in [-0.25, -0.2) is 0 Å². The highest BCUT2D eigenvalue weighted by Crippen LogP contribution is 2.59. The molecule has 3 aliphatic rings. The Morgan fingerprint density at radius 2 is 1.43 bits per heavy atom. The monoisotopic (exact) mass is 630 g/mol. The molecule has 0 bridgehead atoms. The van der Waals surface area contributed by atoms with Crippen molar-refractivity contribution < 1.29 is 33.3 Å². The van der Waals surface area contributed by atoms with Crippen molar-refractivity contribution in [3.05, 3.63) is 113 Å². The van der Waals surface area contributed by atoms with Crippen molar-refractivity contribution in [1.29, 1.82) is 0 Å². The first-order valence-electron chi connectivity index (χ1n) is 15.3. The average molecular weight is 631 g/mol. The molecular formula is C38H34N2O7. The van der Waals surface area contributed by atoms with Gasteiger partial charge in [0.25, 0.3) is 0 Å². The summed E-state index contributed by atoms with van der Waals surface area (Å²) in [5.74, 6) is -0.700. The average Bonchev–Trinajstić information content (AvgIpc) is 3.58. The lowest BCUT2D eigenvalue weighted by molar-refractivity contribution is -0.121. The molecule has 3 aliphatic heterocycles. The van der Waals surface area contributed by atoms with Crippen LogP contribution < -0.4 is 29.2 Å². The number of fused-ring (bicyclic) bond motifs is 6. The maximum atomic E-state index is 15.3. The number of nitrogens with one attached hydrogen (secondary N) is 1. The van der Waals surface area contributed by atoms with E-state index in [0.29, 0.717) is 28.3 Å². The summed E-state index contributed by atoms with van der Waals surface area (Å²) in [6, 6.07) is 23.5. The Bertz CT molecular complexity index is 1940. The van der Waals surface area contributed by atoms with Crippen LogP contribution in [0.4, 0.5) is 11.4 Å². The summed E-state index contributed by atoms with van der Waals surface area (Å²) in [6.45, 7) is 2.00. The summed E-state index contributed by atoms with van der Waals surface area (Å²) in [7, 11) is 6.00. The van der Waals surface area contributed by atoms with Crippen LogP contribution in [0, 0.1) is 5.92 Å². The lowest BCUT2D eigenvalue weighted by Gasteiger charge is -2.39. The van der Waals surface area contributed by atoms with E-state index in [9.17, 15) is 9.59 Å². The summed E-state index contributed by atoms with van der Waals surface area (Å²) < 4.78 is 22.1. The molecule has 1 spiro atoms. The Kier molecular flexibility index (Phi) is 7.27. The van der Waals surface area contributed by atoms with Gasteiger partial charge >= 0.3 is 0 Å². The number of ether oxygens (including phenoxy) is 4. The van der Waals surface area contributed by atoms with Crippen LogP contribution in [0.25, 0.3) is 5.57 Å². The van der Waals surface area contributed by atoms with Gasteiger partial charge in [0, 0.05) is 28.1 Å². The van der Waals surface area contributed by atoms with Crippen LogP contribution >= 0.6 is 0 Å². The van der Waals surface area contributed by atoms with E-state index in [0.717, 1.165) is 16.8 Å². The number of anilines is 2. The van der Waals surface area contributed by atoms with Gasteiger partial charge in [0.15, 0.2) is 23.1 Å². The topological polar surface area (TPSA) is 103 Å². The first-order chi connectivity index (χ1) is 22.8. The van der Waals surface area contributed by atoms with Gasteiger partial charge in [-0.1, -0.05) is 42.5 Å². The quantitative estimate of drug-likeness (QED) is 0.238. The van der Waals surface area contributed by atoms with Gasteiger partial charge in [-0.3, -0.25) is 14.4 Å². The molecule has 9 nitrogen and oxygen atoms in total. The van der Waals surface area contributed by atoms with Crippen LogP contribution in [0.5, 0.6) is 23.0 Å². The lowest BCUT2D eigenvalue weighted by atomic mass is 9.64. The molecule has 7 rings (SSSR count). The predicted octanol–water partition coefficient (Wildman–Crippen LogP) is 5.97. The van der Waals surface area contributed by atoms with Crippen molar-refractivity contribution in [1.82, 2.24) is 0 Å². The number of hydrogen-bond donors (Lipinski definition) is 1. The van der Waals surface area contributed by atoms with Gasteiger partial charge in [0.05, 0.1) is 40.4 Å². The number of rotatable bonds is 8. The fraction of sp³-hybridized carbons (Fsp3) is 0.237. The van der Waals surface area contributed by atoms with E-state index in [1.54, 1.807) is 43.5 Å². The molecule has 9 heteroatoms. The molecule has 1 saturated heterocycles. The van der Waals surface area contributed by atoms with Gasteiger partial charge in [-0.2, -0.15) is 0 Å². The maximum absolute atomic E-state index is 15.3. The number of nitrogens with zero attached hydrogens (tertiary/aromatic N) is 1. The van der Waals surface area contributed by atoms with Crippen molar-refractivity contribution in [2.45, 2.75) is 24.4 Å². The Morgan fingerprint density at radius 1 is 0.766 bits per heavy atom. The molecule has 238 valence electrons. The first kappa shape index (κ1) is 30.1. The second kappa shape index (κ2) is 11.3. The van der Waals surface area contributed by atoms with Gasteiger partial charge < -0.3 is 29.2 Å². The van der Waals surface area contributed by atoms with E-state index in [1.165, 1.54) is 21.3 Å². The van der Waals surface area contributed by atoms with Gasteiger partial charge in [0.1, 0.15) is 17.2 Å². The van der Waals surface area contributed by atoms with E-state index in [-0.39, 0.29) is 28.8 Å². The molecule has 3 heterocycles. The lowest BCUT2D eigenvalue weighted by Crippen LogP contribution is -2.51. The van der Waals surface area contributed by atoms with E-state index >= 15 is 4.79 Å². The number of Topliss-reactive ketones (excluding diaryl/α,β-unsaturated/α-hetero) is 2. The van der Waals surface area contributed by atoms with Gasteiger partial charge in [-0.05, 0) is 66.6 Å². The first-order valence-corrected chi connectivity index (χ1v) is 15.3. The zero-order chi connectivity index (χ0) is 33.0. The zero-order valence-corrected chi connectivity index (χ0v) is 26.7. The number of hydrogen-bond acceptors (Lipinski definition) is 8. The van der Waals surface area contributed by atoms with Crippen molar-refractivity contribution in [3.8, 4) is 23.0 Å². The third-order valence-corrected chi connectivity index (χ3v) is 9.76. The molecule has 0 aromatic heterocycles. The Morgan fingerprint density at radius 3 is 2.09 bits per heavy atom. The molecule has 0 aliphatic carbocycles. The molecule has 0 radical (unpaired) electrons. The van der Waals surface area contributed by atoms with Crippen molar-refractivity contribution in [3.63, 3.8) is 0 Å². The SMILES string of the molecule is COc1ccc(C(=O)[C@@H]2[C@@H](C(=O)c3cc(OC)c(OC)c(OC)c3)[C@@]3(C(=O)Nc4ccccc43)[C@@H]3C=C(C)c4ccccc4N23)cc1. The summed E-state index contributed by atoms with van der Waals surface area (Å²) >= 11 is 0. The van der Waals surface area contributed by atoms with Crippen molar-refractivity contribution >= 4 is 34.4 Å². The number of carbonyl (C=O) groups is 3. The standard InChI is InChI=1S/C38H34N2O7/c1-21-18-31-38(26-11-7-8-12-27(26)39-37(38)43)32(34(41)23-19-29(45-3)36(47-5)30(20-23)46-4)33(40(31)28-13-9-6-10-25(21)28)35(42)22-14-16-24(44-2)17-15-22/h6-20,31-33H,1-5H3,(H,39,43)/t31-,32-,33-,38-/m0/s1. The molecule has 1 fully saturated rings. The molecule has 1 amide bonds. The van der Waals surface area contributed by atoms with Crippen molar-refractivity contribution in [2.24, 2.45) is 5.92 Å². The highest BCUT2D eigenvalue weighted by Gasteiger charge is 2.70. The fourth-order valence-electron chi connectivity index (χ4n) is 7.72. The van der Waals surface area contributed by atoms with Gasteiger partial charge in [0.2, 0.25) is 11.7 Å². The van der Waals surface area contributed by atoms with Crippen LogP contribution in [0.1, 0.15) is 38.8 Å². The Hall–Kier alpha value is -5.57. The van der Waals surface area contributed by atoms with Crippen LogP contribution in [-0.4, -0.2) is 58.0 Å². The highest BCUT2D eigenvalue weighted by atomic mass is 16.5. The number of amides is 1. The zero-order valence-electron chi connectivity index (χ0n) is 26.7. The number of methoxy groups -OCH3 is 4. The third kappa shape index (κ3) is 4.26. The number of benzene rings is 4. The molecule has 1 N–H and O–H groups in total. The molecule has 4 aromatic rings. The third-order valence-electron chi connectivity index (χ3n) is 9.76. The molecule has 4 atom stereocenters. The van der Waals surface area contributed by atoms with E-state index in [4.69, 9.17) is 18.9 Å². The number of para-hydroxylation sites is 2. The normalized spacial score (nSPS) is 22.1. The molecule has 47 heavy (non-hydrogen) atoms. The van der Waals surface area contributed by atoms with Gasteiger partial charge in [-0.15, -0.1) is 0 Å². The summed E-state index contributed by atoms with van der Waals surface area (Å²) in [6.07, 6.45) is 2.03. The van der Waals surface area contributed by atoms with Crippen LogP contribution in [-0.2, 0) is 10.2 Å². The molecule has 0 unspecified atom stereocenters. The second-order valence-corrected chi connectivity index (χ2v) is 11.9. The second-order valence-electron chi connectivity index (χ2n) is 11.9. The van der Waals surface area contributed by atoms with Crippen molar-refractivity contribution in [2.75, 3.05) is 38.7 Å². The minimum Gasteiger partial charge on any atom is -0.497 e. The van der Waals surface area contributed by atoms with E-state index < -0.39 is 29.2 Å². The number of allylic oxidation sites excluding steroid dienone is 1. The van der Waals surface area contributed by atoms with Crippen LogP contribution in [0.2, 0.25) is 0 Å². The Labute approximate surface area is 272 Å². The summed E-state index contributed by atoms with van der Waals surface area (Å²) in [5, 5.41) is 3.07. The predicted molar refractivity (Wildman–Crippen MR) is 178 cm³/mol. The van der Waals surface area contributed by atoms with Crippen LogP contribution in [0.3, 0.4) is 0 Å². The minimum atomic E-state index is -1.46. The molecular weight excluding hydrogens is 596 g/mol. The van der Waals surface area contributed by atoms with E-state index in [2.05, 4.69) is 5.32 Å². The number of ketones is 2. The summed E-state index contributed by atoms with van der Waals surface area (Å²) in [5.41, 5.74) is 3.10. The number of carbonyl (C=O) groups excluding carboxylic acids is 3. The largest absolute Gasteiger partial charge is 0.497 e. The molecule has 0 saturated carbocycles. The molecule has 4 aromatic carbocycles. The summed E-state index contributed by atoms with van der Waals surface area (Å²) in [4.78, 5) is 47.0. The maximum Gasteiger partial charge on any atom is 0.238 e. The fourth-order valence-corrected chi connectivity index (χ4v) is 7.72. The van der Waals surface area contributed by atoms with Crippen LogP contribution in [0.15, 0.2) is 91.0 Å². The van der Waals surface area contributed by atoms with E-state index in [1.807, 2.05) is 66.4 Å². The minimum absolute atomic E-state index is 0.224. The Balaban J connectivity index is 1.54. The smallest absolute Gasteiger partial charge is 0.238 e.